The summed E-state index contributed by atoms with van der Waals surface area (Å²) >= 11 is 0. The molecule has 0 aromatic rings. The zero-order valence-electron chi connectivity index (χ0n) is 20.1. The molecule has 0 spiro atoms. The molecule has 0 saturated carbocycles. The highest BCUT2D eigenvalue weighted by atomic mass is 35.5. The summed E-state index contributed by atoms with van der Waals surface area (Å²) in [4.78, 5) is 12.1. The van der Waals surface area contributed by atoms with Crippen LogP contribution in [0.2, 0.25) is 0 Å². The van der Waals surface area contributed by atoms with Gasteiger partial charge in [0, 0.05) is 6.42 Å². The molecule has 0 aromatic carbocycles. The Hall–Kier alpha value is -0.360. The third-order valence-electron chi connectivity index (χ3n) is 4.74. The van der Waals surface area contributed by atoms with E-state index in [-0.39, 0.29) is 18.6 Å². The van der Waals surface area contributed by atoms with E-state index < -0.39 is 5.97 Å². The van der Waals surface area contributed by atoms with Crippen molar-refractivity contribution in [2.45, 2.75) is 123 Å². The first-order chi connectivity index (χ1) is 13.4. The number of aliphatic hydroxyl groups is 1. The summed E-state index contributed by atoms with van der Waals surface area (Å²) in [6.45, 7) is 3.99. The lowest BCUT2D eigenvalue weighted by Gasteiger charge is -2.11. The zero-order valence-corrected chi connectivity index (χ0v) is 20.9. The molecule has 0 aromatic heterocycles. The van der Waals surface area contributed by atoms with Gasteiger partial charge in [0.05, 0.1) is 0 Å². The topological polar surface area (TPSA) is 86.8 Å². The highest BCUT2D eigenvalue weighted by Crippen LogP contribution is 2.13. The summed E-state index contributed by atoms with van der Waals surface area (Å²) in [6.07, 6.45) is 19.9. The van der Waals surface area contributed by atoms with E-state index in [1.165, 1.54) is 90.5 Å². The van der Waals surface area contributed by atoms with Crippen LogP contribution in [-0.2, 0) is 4.79 Å². The predicted molar refractivity (Wildman–Crippen MR) is 130 cm³/mol. The SMILES string of the molecule is CC(O)N(C)C.CCCCCCCCCCCCCCCCCC(=O)O.CN.Cl. The third-order valence-corrected chi connectivity index (χ3v) is 4.74. The number of nitrogens with zero attached hydrogens (tertiary/aromatic N) is 1. The maximum absolute atomic E-state index is 10.3. The van der Waals surface area contributed by atoms with Crippen molar-refractivity contribution in [3.63, 3.8) is 0 Å². The Morgan fingerprint density at radius 1 is 0.759 bits per heavy atom. The summed E-state index contributed by atoms with van der Waals surface area (Å²) in [5.41, 5.74) is 4.50. The van der Waals surface area contributed by atoms with Crippen LogP contribution >= 0.6 is 12.4 Å². The van der Waals surface area contributed by atoms with Gasteiger partial charge in [-0.25, -0.2) is 0 Å². The van der Waals surface area contributed by atoms with E-state index in [2.05, 4.69) is 12.7 Å². The van der Waals surface area contributed by atoms with Crippen molar-refractivity contribution < 1.29 is 15.0 Å². The number of carbonyl (C=O) groups is 1. The number of hydrogen-bond donors (Lipinski definition) is 3. The van der Waals surface area contributed by atoms with Crippen LogP contribution in [0.3, 0.4) is 0 Å². The van der Waals surface area contributed by atoms with Crippen LogP contribution in [0.25, 0.3) is 0 Å². The highest BCUT2D eigenvalue weighted by Gasteiger charge is 1.97. The van der Waals surface area contributed by atoms with Crippen molar-refractivity contribution in [1.82, 2.24) is 4.90 Å². The van der Waals surface area contributed by atoms with Gasteiger partial charge in [-0.15, -0.1) is 12.4 Å². The fraction of sp³-hybridized carbons (Fsp3) is 0.957. The molecule has 0 fully saturated rings. The van der Waals surface area contributed by atoms with Crippen LogP contribution < -0.4 is 5.73 Å². The first kappa shape index (κ1) is 36.0. The highest BCUT2D eigenvalue weighted by molar-refractivity contribution is 5.85. The van der Waals surface area contributed by atoms with Crippen molar-refractivity contribution in [3.05, 3.63) is 0 Å². The number of carboxylic acids is 1. The van der Waals surface area contributed by atoms with Crippen molar-refractivity contribution >= 4 is 18.4 Å². The molecule has 4 N–H and O–H groups in total. The molecule has 0 amide bonds. The van der Waals surface area contributed by atoms with E-state index in [1.807, 2.05) is 14.1 Å². The number of aliphatic carboxylic acids is 1. The molecule has 180 valence electrons. The second-order valence-corrected chi connectivity index (χ2v) is 7.69. The van der Waals surface area contributed by atoms with Gasteiger partial charge in [0.1, 0.15) is 6.23 Å². The minimum absolute atomic E-state index is 0. The minimum Gasteiger partial charge on any atom is -0.481 e. The van der Waals surface area contributed by atoms with Gasteiger partial charge in [-0.2, -0.15) is 0 Å². The maximum atomic E-state index is 10.3. The van der Waals surface area contributed by atoms with Crippen LogP contribution in [0.15, 0.2) is 0 Å². The molecule has 0 bridgehead atoms. The molecule has 0 saturated heterocycles. The molecule has 0 heterocycles. The first-order valence-corrected chi connectivity index (χ1v) is 11.6. The number of rotatable bonds is 17. The van der Waals surface area contributed by atoms with E-state index in [1.54, 1.807) is 11.8 Å². The second kappa shape index (κ2) is 32.3. The fourth-order valence-electron chi connectivity index (χ4n) is 2.65. The minimum atomic E-state index is -0.653. The van der Waals surface area contributed by atoms with Gasteiger partial charge in [-0.05, 0) is 34.5 Å². The van der Waals surface area contributed by atoms with E-state index >= 15 is 0 Å². The maximum Gasteiger partial charge on any atom is 0.303 e. The van der Waals surface area contributed by atoms with Crippen molar-refractivity contribution in [3.8, 4) is 0 Å². The molecule has 29 heavy (non-hydrogen) atoms. The Morgan fingerprint density at radius 3 is 1.21 bits per heavy atom. The largest absolute Gasteiger partial charge is 0.481 e. The molecule has 0 aliphatic rings. The molecular weight excluding hydrogens is 388 g/mol. The Bertz CT molecular complexity index is 285. The number of nitrogens with two attached hydrogens (primary N) is 1. The Kier molecular flexibility index (Phi) is 40.2. The summed E-state index contributed by atoms with van der Waals surface area (Å²) in [5, 5.41) is 17.1. The van der Waals surface area contributed by atoms with E-state index in [4.69, 9.17) is 10.2 Å². The fourth-order valence-corrected chi connectivity index (χ4v) is 2.65. The Balaban J connectivity index is -0.000000296. The summed E-state index contributed by atoms with van der Waals surface area (Å²) in [5.74, 6) is -0.653. The summed E-state index contributed by atoms with van der Waals surface area (Å²) in [6, 6.07) is 0. The van der Waals surface area contributed by atoms with E-state index in [9.17, 15) is 4.79 Å². The molecule has 1 unspecified atom stereocenters. The van der Waals surface area contributed by atoms with Gasteiger partial charge >= 0.3 is 5.97 Å². The van der Waals surface area contributed by atoms with Gasteiger partial charge in [0.25, 0.3) is 0 Å². The quantitative estimate of drug-likeness (QED) is 0.184. The molecule has 0 aliphatic carbocycles. The van der Waals surface area contributed by atoms with Crippen LogP contribution in [-0.4, -0.2) is 48.5 Å². The summed E-state index contributed by atoms with van der Waals surface area (Å²) < 4.78 is 0. The molecule has 0 aliphatic heterocycles. The lowest BCUT2D eigenvalue weighted by Crippen LogP contribution is -2.23. The Labute approximate surface area is 188 Å². The molecule has 6 heteroatoms. The average molecular weight is 441 g/mol. The second-order valence-electron chi connectivity index (χ2n) is 7.69. The van der Waals surface area contributed by atoms with Crippen molar-refractivity contribution in [2.24, 2.45) is 5.73 Å². The van der Waals surface area contributed by atoms with Gasteiger partial charge in [0.15, 0.2) is 0 Å². The number of carboxylic acid groups (broad SMARTS) is 1. The van der Waals surface area contributed by atoms with Gasteiger partial charge in [-0.3, -0.25) is 9.69 Å². The van der Waals surface area contributed by atoms with Crippen LogP contribution in [0.4, 0.5) is 0 Å². The lowest BCUT2D eigenvalue weighted by molar-refractivity contribution is -0.137. The molecule has 1 atom stereocenters. The monoisotopic (exact) mass is 440 g/mol. The average Bonchev–Trinajstić information content (AvgIpc) is 2.66. The molecular formula is C23H53ClN2O3. The predicted octanol–water partition coefficient (Wildman–Crippen LogP) is 6.22. The van der Waals surface area contributed by atoms with Gasteiger partial charge < -0.3 is 15.9 Å². The normalized spacial score (nSPS) is 10.9. The molecule has 5 nitrogen and oxygen atoms in total. The lowest BCUT2D eigenvalue weighted by atomic mass is 10.0. The number of halogens is 1. The smallest absolute Gasteiger partial charge is 0.303 e. The standard InChI is InChI=1S/C18H36O2.C4H11NO.CH5N.ClH/c1-2-3-4-5-6-7-8-9-10-11-12-13-14-15-16-17-18(19)20;1-4(6)5(2)3;1-2;/h2-17H2,1H3,(H,19,20);4,6H,1-3H3;2H2,1H3;1H. The van der Waals surface area contributed by atoms with E-state index in [0.717, 1.165) is 12.8 Å². The van der Waals surface area contributed by atoms with Crippen LogP contribution in [0.1, 0.15) is 117 Å². The van der Waals surface area contributed by atoms with Crippen molar-refractivity contribution in [2.75, 3.05) is 21.1 Å². The van der Waals surface area contributed by atoms with Crippen LogP contribution in [0.5, 0.6) is 0 Å². The first-order valence-electron chi connectivity index (χ1n) is 11.6. The zero-order chi connectivity index (χ0) is 22.0. The van der Waals surface area contributed by atoms with Crippen molar-refractivity contribution in [1.29, 1.82) is 0 Å². The summed E-state index contributed by atoms with van der Waals surface area (Å²) in [7, 11) is 5.15. The van der Waals surface area contributed by atoms with Gasteiger partial charge in [-0.1, -0.05) is 96.8 Å². The van der Waals surface area contributed by atoms with E-state index in [0.29, 0.717) is 6.42 Å². The molecule has 0 radical (unpaired) electrons. The number of unbranched alkanes of at least 4 members (excludes halogenated alkanes) is 14. The number of hydrogen-bond acceptors (Lipinski definition) is 4. The Morgan fingerprint density at radius 2 is 1.00 bits per heavy atom. The van der Waals surface area contributed by atoms with Gasteiger partial charge in [0.2, 0.25) is 0 Å². The number of aliphatic hydroxyl groups excluding tert-OH is 1. The third kappa shape index (κ3) is 42.7. The van der Waals surface area contributed by atoms with Crippen LogP contribution in [0, 0.1) is 0 Å². The molecule has 0 rings (SSSR count).